The molecule has 0 saturated heterocycles. The van der Waals surface area contributed by atoms with Crippen LogP contribution in [0, 0.1) is 0 Å². The lowest BCUT2D eigenvalue weighted by Crippen LogP contribution is -2.35. The number of urea groups is 1. The van der Waals surface area contributed by atoms with Crippen molar-refractivity contribution in [2.75, 3.05) is 46.6 Å². The predicted molar refractivity (Wildman–Crippen MR) is 58.2 cm³/mol. The van der Waals surface area contributed by atoms with Crippen LogP contribution >= 0.6 is 0 Å². The van der Waals surface area contributed by atoms with Crippen molar-refractivity contribution in [1.82, 2.24) is 16.0 Å². The van der Waals surface area contributed by atoms with Crippen LogP contribution in [0.1, 0.15) is 0 Å². The van der Waals surface area contributed by atoms with Crippen LogP contribution in [0.25, 0.3) is 0 Å². The molecule has 0 aliphatic heterocycles. The summed E-state index contributed by atoms with van der Waals surface area (Å²) in [5.41, 5.74) is 0. The maximum atomic E-state index is 10.7. The Kier molecular flexibility index (Phi) is 10.8. The summed E-state index contributed by atoms with van der Waals surface area (Å²) < 4.78 is 10.3. The van der Waals surface area contributed by atoms with Gasteiger partial charge in [-0.2, -0.15) is 0 Å². The maximum Gasteiger partial charge on any atom is 0.314 e. The highest BCUT2D eigenvalue weighted by Gasteiger charge is 1.94. The molecule has 0 heterocycles. The standard InChI is InChI=1S/C9H19N3O4/c1-10-9(14)12-3-5-16-7-6-15-4-2-11-8-13/h8H,2-7H2,1H3,(H,11,13)(H2,10,12,14). The quantitative estimate of drug-likeness (QED) is 0.323. The third kappa shape index (κ3) is 10.7. The SMILES string of the molecule is CNC(=O)NCCOCCOCCNC=O. The molecule has 0 aromatic rings. The first-order valence-electron chi connectivity index (χ1n) is 5.09. The zero-order valence-corrected chi connectivity index (χ0v) is 9.45. The zero-order valence-electron chi connectivity index (χ0n) is 9.45. The second kappa shape index (κ2) is 11.7. The normalized spacial score (nSPS) is 9.56. The van der Waals surface area contributed by atoms with Crippen LogP contribution in [0.5, 0.6) is 0 Å². The molecule has 94 valence electrons. The van der Waals surface area contributed by atoms with Gasteiger partial charge in [-0.3, -0.25) is 4.79 Å². The van der Waals surface area contributed by atoms with Gasteiger partial charge in [-0.15, -0.1) is 0 Å². The monoisotopic (exact) mass is 233 g/mol. The highest BCUT2D eigenvalue weighted by Crippen LogP contribution is 1.77. The molecule has 0 spiro atoms. The highest BCUT2D eigenvalue weighted by atomic mass is 16.5. The maximum absolute atomic E-state index is 10.7. The van der Waals surface area contributed by atoms with Crippen molar-refractivity contribution in [1.29, 1.82) is 0 Å². The molecule has 0 saturated carbocycles. The first-order chi connectivity index (χ1) is 7.81. The van der Waals surface area contributed by atoms with Crippen molar-refractivity contribution < 1.29 is 19.1 Å². The number of carbonyl (C=O) groups is 2. The minimum Gasteiger partial charge on any atom is -0.377 e. The van der Waals surface area contributed by atoms with Crippen LogP contribution in [-0.4, -0.2) is 59.0 Å². The van der Waals surface area contributed by atoms with E-state index in [1.54, 1.807) is 7.05 Å². The zero-order chi connectivity index (χ0) is 12.1. The van der Waals surface area contributed by atoms with Gasteiger partial charge in [0.2, 0.25) is 6.41 Å². The van der Waals surface area contributed by atoms with Crippen LogP contribution in [0.3, 0.4) is 0 Å². The molecule has 0 radical (unpaired) electrons. The molecule has 0 unspecified atom stereocenters. The Balaban J connectivity index is 2.98. The predicted octanol–water partition coefficient (Wildman–Crippen LogP) is -1.31. The first kappa shape index (κ1) is 14.7. The average Bonchev–Trinajstić information content (AvgIpc) is 2.31. The van der Waals surface area contributed by atoms with Gasteiger partial charge >= 0.3 is 6.03 Å². The third-order valence-electron chi connectivity index (χ3n) is 1.61. The van der Waals surface area contributed by atoms with Crippen molar-refractivity contribution in [2.24, 2.45) is 0 Å². The molecule has 3 N–H and O–H groups in total. The Morgan fingerprint density at radius 3 is 2.31 bits per heavy atom. The van der Waals surface area contributed by atoms with Gasteiger partial charge in [-0.05, 0) is 0 Å². The van der Waals surface area contributed by atoms with Crippen LogP contribution < -0.4 is 16.0 Å². The van der Waals surface area contributed by atoms with E-state index in [1.165, 1.54) is 0 Å². The van der Waals surface area contributed by atoms with Gasteiger partial charge in [0.05, 0.1) is 26.4 Å². The summed E-state index contributed by atoms with van der Waals surface area (Å²) in [6, 6.07) is -0.222. The Labute approximate surface area is 94.9 Å². The summed E-state index contributed by atoms with van der Waals surface area (Å²) >= 11 is 0. The summed E-state index contributed by atoms with van der Waals surface area (Å²) in [5.74, 6) is 0. The smallest absolute Gasteiger partial charge is 0.314 e. The Morgan fingerprint density at radius 2 is 1.75 bits per heavy atom. The topological polar surface area (TPSA) is 88.7 Å². The van der Waals surface area contributed by atoms with E-state index in [9.17, 15) is 9.59 Å². The van der Waals surface area contributed by atoms with Crippen LogP contribution in [0.2, 0.25) is 0 Å². The van der Waals surface area contributed by atoms with Gasteiger partial charge in [0, 0.05) is 20.1 Å². The lowest BCUT2D eigenvalue weighted by Gasteiger charge is -2.06. The van der Waals surface area contributed by atoms with Crippen molar-refractivity contribution in [2.45, 2.75) is 0 Å². The molecule has 0 aromatic heterocycles. The van der Waals surface area contributed by atoms with Crippen molar-refractivity contribution in [3.8, 4) is 0 Å². The number of amides is 3. The molecule has 0 atom stereocenters. The lowest BCUT2D eigenvalue weighted by molar-refractivity contribution is -0.109. The van der Waals surface area contributed by atoms with Crippen molar-refractivity contribution >= 4 is 12.4 Å². The largest absolute Gasteiger partial charge is 0.377 e. The number of carbonyl (C=O) groups excluding carboxylic acids is 2. The second-order valence-electron chi connectivity index (χ2n) is 2.80. The van der Waals surface area contributed by atoms with Gasteiger partial charge in [-0.1, -0.05) is 0 Å². The van der Waals surface area contributed by atoms with E-state index in [1.807, 2.05) is 0 Å². The number of rotatable bonds is 10. The fraction of sp³-hybridized carbons (Fsp3) is 0.778. The fourth-order valence-electron chi connectivity index (χ4n) is 0.837. The second-order valence-corrected chi connectivity index (χ2v) is 2.80. The third-order valence-corrected chi connectivity index (χ3v) is 1.61. The molecule has 3 amide bonds. The van der Waals surface area contributed by atoms with Gasteiger partial charge in [-0.25, -0.2) is 4.79 Å². The molecule has 16 heavy (non-hydrogen) atoms. The van der Waals surface area contributed by atoms with Gasteiger partial charge < -0.3 is 25.4 Å². The van der Waals surface area contributed by atoms with E-state index in [2.05, 4.69) is 16.0 Å². The molecule has 0 aliphatic rings. The van der Waals surface area contributed by atoms with E-state index in [-0.39, 0.29) is 6.03 Å². The molecular weight excluding hydrogens is 214 g/mol. The van der Waals surface area contributed by atoms with E-state index >= 15 is 0 Å². The molecule has 0 fully saturated rings. The number of hydrogen-bond donors (Lipinski definition) is 3. The van der Waals surface area contributed by atoms with Crippen LogP contribution in [0.4, 0.5) is 4.79 Å². The highest BCUT2D eigenvalue weighted by molar-refractivity contribution is 5.73. The average molecular weight is 233 g/mol. The summed E-state index contributed by atoms with van der Waals surface area (Å²) in [5, 5.41) is 7.49. The van der Waals surface area contributed by atoms with E-state index in [0.717, 1.165) is 0 Å². The summed E-state index contributed by atoms with van der Waals surface area (Å²) in [4.78, 5) is 20.6. The first-order valence-corrected chi connectivity index (χ1v) is 5.09. The number of hydrogen-bond acceptors (Lipinski definition) is 4. The lowest BCUT2D eigenvalue weighted by atomic mass is 10.6. The number of nitrogens with one attached hydrogen (secondary N) is 3. The van der Waals surface area contributed by atoms with Crippen molar-refractivity contribution in [3.63, 3.8) is 0 Å². The van der Waals surface area contributed by atoms with Crippen LogP contribution in [0.15, 0.2) is 0 Å². The minimum absolute atomic E-state index is 0.222. The van der Waals surface area contributed by atoms with Gasteiger partial charge in [0.15, 0.2) is 0 Å². The van der Waals surface area contributed by atoms with E-state index < -0.39 is 0 Å². The van der Waals surface area contributed by atoms with Gasteiger partial charge in [0.1, 0.15) is 0 Å². The van der Waals surface area contributed by atoms with Crippen molar-refractivity contribution in [3.05, 3.63) is 0 Å². The molecule has 0 rings (SSSR count). The molecule has 7 heteroatoms. The van der Waals surface area contributed by atoms with Crippen LogP contribution in [-0.2, 0) is 14.3 Å². The number of ether oxygens (including phenoxy) is 2. The fourth-order valence-corrected chi connectivity index (χ4v) is 0.837. The molecular formula is C9H19N3O4. The van der Waals surface area contributed by atoms with E-state index in [0.29, 0.717) is 45.9 Å². The molecule has 0 aliphatic carbocycles. The summed E-state index contributed by atoms with van der Waals surface area (Å²) in [7, 11) is 1.55. The molecule has 0 bridgehead atoms. The minimum atomic E-state index is -0.222. The van der Waals surface area contributed by atoms with Gasteiger partial charge in [0.25, 0.3) is 0 Å². The molecule has 0 aromatic carbocycles. The Bertz CT molecular complexity index is 190. The van der Waals surface area contributed by atoms with E-state index in [4.69, 9.17) is 9.47 Å². The molecule has 7 nitrogen and oxygen atoms in total. The Morgan fingerprint density at radius 1 is 1.12 bits per heavy atom. The summed E-state index contributed by atoms with van der Waals surface area (Å²) in [6.07, 6.45) is 0.629. The Hall–Kier alpha value is -1.34. The summed E-state index contributed by atoms with van der Waals surface area (Å²) in [6.45, 7) is 2.83.